The number of amides is 1. The smallest absolute Gasteiger partial charge is 0.217 e. The van der Waals surface area contributed by atoms with Crippen molar-refractivity contribution >= 4 is 5.91 Å². The van der Waals surface area contributed by atoms with Crippen molar-refractivity contribution in [3.05, 3.63) is 29.8 Å². The summed E-state index contributed by atoms with van der Waals surface area (Å²) >= 11 is 0. The van der Waals surface area contributed by atoms with E-state index in [1.807, 2.05) is 31.2 Å². The number of para-hydroxylation sites is 1. The fourth-order valence-electron chi connectivity index (χ4n) is 1.60. The maximum absolute atomic E-state index is 10.9. The molecule has 1 unspecified atom stereocenters. The fourth-order valence-corrected chi connectivity index (χ4v) is 1.60. The molecule has 0 saturated carbocycles. The van der Waals surface area contributed by atoms with E-state index in [-0.39, 0.29) is 11.9 Å². The Kier molecular flexibility index (Phi) is 4.16. The molecule has 1 aromatic carbocycles. The van der Waals surface area contributed by atoms with Gasteiger partial charge in [-0.25, -0.2) is 0 Å². The molecule has 0 radical (unpaired) electrons. The van der Waals surface area contributed by atoms with Gasteiger partial charge < -0.3 is 10.1 Å². The molecule has 3 nitrogen and oxygen atoms in total. The molecule has 15 heavy (non-hydrogen) atoms. The van der Waals surface area contributed by atoms with Gasteiger partial charge in [-0.3, -0.25) is 4.79 Å². The van der Waals surface area contributed by atoms with E-state index in [9.17, 15) is 4.79 Å². The summed E-state index contributed by atoms with van der Waals surface area (Å²) in [6.45, 7) is 3.51. The number of carbonyl (C=O) groups is 1. The third kappa shape index (κ3) is 3.62. The standard InChI is InChI=1S/C12H17NO2/c1-9(13-10(2)14)8-11-6-4-5-7-12(11)15-3/h4-7,9H,8H2,1-3H3,(H,13,14). The van der Waals surface area contributed by atoms with Gasteiger partial charge in [0.2, 0.25) is 5.91 Å². The van der Waals surface area contributed by atoms with Crippen LogP contribution in [-0.4, -0.2) is 19.1 Å². The van der Waals surface area contributed by atoms with Crippen molar-refractivity contribution in [1.82, 2.24) is 5.32 Å². The van der Waals surface area contributed by atoms with Crippen LogP contribution in [-0.2, 0) is 11.2 Å². The molecule has 0 fully saturated rings. The Labute approximate surface area is 90.4 Å². The van der Waals surface area contributed by atoms with E-state index in [4.69, 9.17) is 4.74 Å². The molecule has 0 saturated heterocycles. The van der Waals surface area contributed by atoms with Gasteiger partial charge in [0.05, 0.1) is 7.11 Å². The maximum Gasteiger partial charge on any atom is 0.217 e. The summed E-state index contributed by atoms with van der Waals surface area (Å²) in [6, 6.07) is 7.97. The second-order valence-electron chi connectivity index (χ2n) is 3.62. The molecule has 1 rings (SSSR count). The van der Waals surface area contributed by atoms with Crippen molar-refractivity contribution in [1.29, 1.82) is 0 Å². The number of rotatable bonds is 4. The van der Waals surface area contributed by atoms with Gasteiger partial charge in [-0.2, -0.15) is 0 Å². The highest BCUT2D eigenvalue weighted by atomic mass is 16.5. The highest BCUT2D eigenvalue weighted by Gasteiger charge is 2.08. The summed E-state index contributed by atoms with van der Waals surface area (Å²) in [6.07, 6.45) is 0.781. The lowest BCUT2D eigenvalue weighted by Gasteiger charge is -2.14. The molecule has 0 aliphatic carbocycles. The Balaban J connectivity index is 2.67. The van der Waals surface area contributed by atoms with E-state index in [0.717, 1.165) is 17.7 Å². The molecular formula is C12H17NO2. The third-order valence-electron chi connectivity index (χ3n) is 2.17. The van der Waals surface area contributed by atoms with E-state index in [1.54, 1.807) is 7.11 Å². The van der Waals surface area contributed by atoms with Gasteiger partial charge in [-0.15, -0.1) is 0 Å². The fraction of sp³-hybridized carbons (Fsp3) is 0.417. The number of hydrogen-bond donors (Lipinski definition) is 1. The second kappa shape index (κ2) is 5.39. The van der Waals surface area contributed by atoms with E-state index in [0.29, 0.717) is 0 Å². The van der Waals surface area contributed by atoms with E-state index in [1.165, 1.54) is 6.92 Å². The minimum absolute atomic E-state index is 0.00241. The Morgan fingerprint density at radius 3 is 2.73 bits per heavy atom. The molecule has 0 aliphatic heterocycles. The zero-order valence-electron chi connectivity index (χ0n) is 9.41. The van der Waals surface area contributed by atoms with Crippen LogP contribution in [0.4, 0.5) is 0 Å². The molecule has 0 spiro atoms. The SMILES string of the molecule is COc1ccccc1CC(C)NC(C)=O. The topological polar surface area (TPSA) is 38.3 Å². The average Bonchev–Trinajstić information content (AvgIpc) is 2.17. The molecule has 1 amide bonds. The van der Waals surface area contributed by atoms with Crippen molar-refractivity contribution in [3.63, 3.8) is 0 Å². The van der Waals surface area contributed by atoms with Crippen molar-refractivity contribution < 1.29 is 9.53 Å². The highest BCUT2D eigenvalue weighted by molar-refractivity contribution is 5.73. The summed E-state index contributed by atoms with van der Waals surface area (Å²) in [5.41, 5.74) is 1.11. The van der Waals surface area contributed by atoms with Crippen LogP contribution in [0.2, 0.25) is 0 Å². The summed E-state index contributed by atoms with van der Waals surface area (Å²) in [5.74, 6) is 0.868. The molecule has 0 heterocycles. The largest absolute Gasteiger partial charge is 0.496 e. The first-order valence-corrected chi connectivity index (χ1v) is 5.02. The number of methoxy groups -OCH3 is 1. The first-order valence-electron chi connectivity index (χ1n) is 5.02. The molecule has 1 aromatic rings. The Morgan fingerprint density at radius 2 is 2.13 bits per heavy atom. The lowest BCUT2D eigenvalue weighted by molar-refractivity contribution is -0.119. The van der Waals surface area contributed by atoms with Crippen molar-refractivity contribution in [2.75, 3.05) is 7.11 Å². The Morgan fingerprint density at radius 1 is 1.47 bits per heavy atom. The van der Waals surface area contributed by atoms with E-state index >= 15 is 0 Å². The number of benzene rings is 1. The second-order valence-corrected chi connectivity index (χ2v) is 3.62. The van der Waals surface area contributed by atoms with Crippen LogP contribution >= 0.6 is 0 Å². The zero-order chi connectivity index (χ0) is 11.3. The Bertz CT molecular complexity index is 336. The first-order chi connectivity index (χ1) is 7.13. The van der Waals surface area contributed by atoms with Crippen molar-refractivity contribution in [3.8, 4) is 5.75 Å². The molecule has 1 N–H and O–H groups in total. The first kappa shape index (κ1) is 11.6. The van der Waals surface area contributed by atoms with Crippen molar-refractivity contribution in [2.45, 2.75) is 26.3 Å². The zero-order valence-corrected chi connectivity index (χ0v) is 9.41. The van der Waals surface area contributed by atoms with Crippen LogP contribution in [0.5, 0.6) is 5.75 Å². The lowest BCUT2D eigenvalue weighted by Crippen LogP contribution is -2.32. The summed E-state index contributed by atoms with van der Waals surface area (Å²) in [7, 11) is 1.65. The summed E-state index contributed by atoms with van der Waals surface area (Å²) < 4.78 is 5.24. The van der Waals surface area contributed by atoms with Crippen LogP contribution in [0.15, 0.2) is 24.3 Å². The molecule has 0 aromatic heterocycles. The van der Waals surface area contributed by atoms with Crippen LogP contribution in [0.3, 0.4) is 0 Å². The predicted molar refractivity (Wildman–Crippen MR) is 60.0 cm³/mol. The molecule has 1 atom stereocenters. The molecular weight excluding hydrogens is 190 g/mol. The van der Waals surface area contributed by atoms with Gasteiger partial charge in [0.15, 0.2) is 0 Å². The third-order valence-corrected chi connectivity index (χ3v) is 2.17. The number of hydrogen-bond acceptors (Lipinski definition) is 2. The molecule has 82 valence electrons. The van der Waals surface area contributed by atoms with E-state index in [2.05, 4.69) is 5.32 Å². The summed E-state index contributed by atoms with van der Waals surface area (Å²) in [4.78, 5) is 10.9. The van der Waals surface area contributed by atoms with Gasteiger partial charge in [0.1, 0.15) is 5.75 Å². The number of carbonyl (C=O) groups excluding carboxylic acids is 1. The van der Waals surface area contributed by atoms with Gasteiger partial charge >= 0.3 is 0 Å². The molecule has 0 aliphatic rings. The quantitative estimate of drug-likeness (QED) is 0.817. The van der Waals surface area contributed by atoms with Crippen molar-refractivity contribution in [2.24, 2.45) is 0 Å². The van der Waals surface area contributed by atoms with Crippen LogP contribution in [0.1, 0.15) is 19.4 Å². The molecule has 0 bridgehead atoms. The number of ether oxygens (including phenoxy) is 1. The maximum atomic E-state index is 10.9. The van der Waals surface area contributed by atoms with Gasteiger partial charge in [0, 0.05) is 13.0 Å². The average molecular weight is 207 g/mol. The Hall–Kier alpha value is -1.51. The monoisotopic (exact) mass is 207 g/mol. The van der Waals surface area contributed by atoms with Gasteiger partial charge in [-0.1, -0.05) is 18.2 Å². The highest BCUT2D eigenvalue weighted by Crippen LogP contribution is 2.18. The van der Waals surface area contributed by atoms with Crippen LogP contribution in [0.25, 0.3) is 0 Å². The minimum atomic E-state index is -0.00241. The summed E-state index contributed by atoms with van der Waals surface area (Å²) in [5, 5.41) is 2.85. The van der Waals surface area contributed by atoms with Gasteiger partial charge in [0.25, 0.3) is 0 Å². The van der Waals surface area contributed by atoms with Gasteiger partial charge in [-0.05, 0) is 25.0 Å². The number of nitrogens with one attached hydrogen (secondary N) is 1. The predicted octanol–water partition coefficient (Wildman–Crippen LogP) is 1.76. The normalized spacial score (nSPS) is 11.9. The van der Waals surface area contributed by atoms with Crippen LogP contribution < -0.4 is 10.1 Å². The van der Waals surface area contributed by atoms with Crippen LogP contribution in [0, 0.1) is 0 Å². The minimum Gasteiger partial charge on any atom is -0.496 e. The lowest BCUT2D eigenvalue weighted by atomic mass is 10.1. The van der Waals surface area contributed by atoms with E-state index < -0.39 is 0 Å². The molecule has 3 heteroatoms.